The number of rotatable bonds is 2. The third kappa shape index (κ3) is 3.67. The summed E-state index contributed by atoms with van der Waals surface area (Å²) >= 11 is 0. The van der Waals surface area contributed by atoms with Crippen LogP contribution in [0, 0.1) is 10.8 Å². The van der Waals surface area contributed by atoms with Gasteiger partial charge in [0.2, 0.25) is 0 Å². The molecule has 5 rings (SSSR count). The van der Waals surface area contributed by atoms with E-state index in [4.69, 9.17) is 0 Å². The fourth-order valence-corrected chi connectivity index (χ4v) is 6.43. The Kier molecular flexibility index (Phi) is 4.66. The predicted molar refractivity (Wildman–Crippen MR) is 115 cm³/mol. The van der Waals surface area contributed by atoms with Gasteiger partial charge in [-0.15, -0.1) is 0 Å². The monoisotopic (exact) mass is 446 g/mol. The molecule has 1 N–H and O–H groups in total. The smallest absolute Gasteiger partial charge is 0.363 e. The standard InChI is InChI=1S/C24H29F3N4O/c1-22(2)11-16-12-23(3,13-22)14-30(16)21(32)18-10-20-28-17(15-7-5-4-6-8-15)9-19(24(25,26)27)31(20)29-18/h4-8,10,16-17,19,28H,9,11-14H2,1-3H3/t16-,17+,19-,23-/m0/s1. The Balaban J connectivity index is 1.46. The molecule has 5 nitrogen and oxygen atoms in total. The molecule has 32 heavy (non-hydrogen) atoms. The van der Waals surface area contributed by atoms with Gasteiger partial charge in [0.05, 0.1) is 6.04 Å². The predicted octanol–water partition coefficient (Wildman–Crippen LogP) is 5.58. The quantitative estimate of drug-likeness (QED) is 0.655. The number of hydrogen-bond acceptors (Lipinski definition) is 3. The molecule has 2 aromatic rings. The summed E-state index contributed by atoms with van der Waals surface area (Å²) in [6.07, 6.45) is -1.75. The van der Waals surface area contributed by atoms with Crippen molar-refractivity contribution in [2.75, 3.05) is 11.9 Å². The van der Waals surface area contributed by atoms with Crippen LogP contribution >= 0.6 is 0 Å². The number of hydrogen-bond donors (Lipinski definition) is 1. The lowest BCUT2D eigenvalue weighted by molar-refractivity contribution is -0.173. The van der Waals surface area contributed by atoms with Crippen LogP contribution < -0.4 is 5.32 Å². The maximum Gasteiger partial charge on any atom is 0.410 e. The largest absolute Gasteiger partial charge is 0.410 e. The zero-order valence-corrected chi connectivity index (χ0v) is 18.6. The third-order valence-corrected chi connectivity index (χ3v) is 7.29. The van der Waals surface area contributed by atoms with Gasteiger partial charge < -0.3 is 10.2 Å². The Hall–Kier alpha value is -2.51. The fraction of sp³-hybridized carbons (Fsp3) is 0.583. The number of carbonyl (C=O) groups is 1. The zero-order valence-electron chi connectivity index (χ0n) is 18.6. The normalized spacial score (nSPS) is 31.2. The third-order valence-electron chi connectivity index (χ3n) is 7.29. The molecule has 0 unspecified atom stereocenters. The summed E-state index contributed by atoms with van der Waals surface area (Å²) < 4.78 is 42.8. The minimum Gasteiger partial charge on any atom is -0.363 e. The van der Waals surface area contributed by atoms with Crippen LogP contribution in [0.4, 0.5) is 19.0 Å². The number of likely N-dealkylation sites (tertiary alicyclic amines) is 1. The molecule has 2 fully saturated rings. The fourth-order valence-electron chi connectivity index (χ4n) is 6.43. The number of amides is 1. The van der Waals surface area contributed by atoms with E-state index >= 15 is 0 Å². The lowest BCUT2D eigenvalue weighted by atomic mass is 9.65. The average molecular weight is 447 g/mol. The number of anilines is 1. The summed E-state index contributed by atoms with van der Waals surface area (Å²) in [6.45, 7) is 7.29. The van der Waals surface area contributed by atoms with E-state index in [1.807, 2.05) is 35.2 Å². The lowest BCUT2D eigenvalue weighted by Crippen LogP contribution is -2.38. The number of nitrogens with one attached hydrogen (secondary N) is 1. The Morgan fingerprint density at radius 3 is 2.56 bits per heavy atom. The molecule has 0 spiro atoms. The van der Waals surface area contributed by atoms with Crippen LogP contribution in [0.2, 0.25) is 0 Å². The van der Waals surface area contributed by atoms with Crippen LogP contribution in [0.15, 0.2) is 36.4 Å². The Morgan fingerprint density at radius 1 is 1.16 bits per heavy atom. The molecular weight excluding hydrogens is 417 g/mol. The highest BCUT2D eigenvalue weighted by Gasteiger charge is 2.52. The topological polar surface area (TPSA) is 50.2 Å². The average Bonchev–Trinajstić information content (AvgIpc) is 3.23. The van der Waals surface area contributed by atoms with Gasteiger partial charge in [0.25, 0.3) is 5.91 Å². The molecule has 0 radical (unpaired) electrons. The van der Waals surface area contributed by atoms with Crippen molar-refractivity contribution in [3.05, 3.63) is 47.7 Å². The van der Waals surface area contributed by atoms with Crippen molar-refractivity contribution < 1.29 is 18.0 Å². The second-order valence-corrected chi connectivity index (χ2v) is 10.9. The maximum atomic E-state index is 13.9. The summed E-state index contributed by atoms with van der Waals surface area (Å²) in [6, 6.07) is 8.42. The number of nitrogens with zero attached hydrogens (tertiary/aromatic N) is 3. The van der Waals surface area contributed by atoms with Crippen LogP contribution in [-0.4, -0.2) is 39.4 Å². The van der Waals surface area contributed by atoms with Crippen molar-refractivity contribution in [3.8, 4) is 0 Å². The summed E-state index contributed by atoms with van der Waals surface area (Å²) in [7, 11) is 0. The van der Waals surface area contributed by atoms with Crippen LogP contribution in [0.1, 0.15) is 74.6 Å². The second-order valence-electron chi connectivity index (χ2n) is 10.9. The van der Waals surface area contributed by atoms with Gasteiger partial charge in [-0.05, 0) is 35.7 Å². The first-order valence-electron chi connectivity index (χ1n) is 11.2. The van der Waals surface area contributed by atoms with Crippen LogP contribution in [-0.2, 0) is 0 Å². The van der Waals surface area contributed by atoms with Gasteiger partial charge >= 0.3 is 6.18 Å². The van der Waals surface area contributed by atoms with Crippen molar-refractivity contribution in [3.63, 3.8) is 0 Å². The highest BCUT2D eigenvalue weighted by molar-refractivity contribution is 5.93. The van der Waals surface area contributed by atoms with Gasteiger partial charge in [-0.3, -0.25) is 4.79 Å². The van der Waals surface area contributed by atoms with Crippen molar-refractivity contribution in [2.24, 2.45) is 10.8 Å². The number of carbonyl (C=O) groups excluding carboxylic acids is 1. The molecule has 1 saturated heterocycles. The molecule has 1 amide bonds. The molecule has 1 saturated carbocycles. The molecule has 3 heterocycles. The van der Waals surface area contributed by atoms with E-state index < -0.39 is 18.3 Å². The molecule has 1 aliphatic carbocycles. The van der Waals surface area contributed by atoms with E-state index in [1.165, 1.54) is 6.07 Å². The Bertz CT molecular complexity index is 1030. The lowest BCUT2D eigenvalue weighted by Gasteiger charge is -2.39. The first-order chi connectivity index (χ1) is 14.9. The highest BCUT2D eigenvalue weighted by Crippen LogP contribution is 2.53. The van der Waals surface area contributed by atoms with E-state index in [0.29, 0.717) is 6.54 Å². The summed E-state index contributed by atoms with van der Waals surface area (Å²) in [5.74, 6) is -0.0261. The van der Waals surface area contributed by atoms with Crippen LogP contribution in [0.3, 0.4) is 0 Å². The number of fused-ring (bicyclic) bond motifs is 3. The highest BCUT2D eigenvalue weighted by atomic mass is 19.4. The van der Waals surface area contributed by atoms with Crippen molar-refractivity contribution in [1.82, 2.24) is 14.7 Å². The van der Waals surface area contributed by atoms with E-state index in [-0.39, 0.29) is 40.7 Å². The molecule has 2 aliphatic heterocycles. The van der Waals surface area contributed by atoms with Crippen molar-refractivity contribution >= 4 is 11.7 Å². The molecule has 4 atom stereocenters. The SMILES string of the molecule is CC1(C)C[C@H]2C[C@](C)(CN2C(=O)c2cc3n(n2)[C@H](C(F)(F)F)C[C@H](c2ccccc2)N3)C1. The first kappa shape index (κ1) is 21.3. The van der Waals surface area contributed by atoms with Crippen molar-refractivity contribution in [2.45, 2.75) is 70.8 Å². The van der Waals surface area contributed by atoms with E-state index in [9.17, 15) is 18.0 Å². The summed E-state index contributed by atoms with van der Waals surface area (Å²) in [4.78, 5) is 15.3. The number of alkyl halides is 3. The van der Waals surface area contributed by atoms with E-state index in [1.54, 1.807) is 0 Å². The molecule has 172 valence electrons. The number of aromatic nitrogens is 2. The summed E-state index contributed by atoms with van der Waals surface area (Å²) in [5.41, 5.74) is 1.06. The Morgan fingerprint density at radius 2 is 1.88 bits per heavy atom. The molecule has 1 aromatic heterocycles. The number of benzene rings is 1. The van der Waals surface area contributed by atoms with Gasteiger partial charge in [-0.2, -0.15) is 18.3 Å². The number of halogens is 3. The van der Waals surface area contributed by atoms with Crippen LogP contribution in [0.25, 0.3) is 0 Å². The van der Waals surface area contributed by atoms with Gasteiger partial charge in [-0.25, -0.2) is 4.68 Å². The molecular formula is C24H29F3N4O. The molecule has 2 bridgehead atoms. The van der Waals surface area contributed by atoms with Gasteiger partial charge in [0.1, 0.15) is 5.82 Å². The minimum absolute atomic E-state index is 0.0482. The van der Waals surface area contributed by atoms with Gasteiger partial charge in [0.15, 0.2) is 11.7 Å². The van der Waals surface area contributed by atoms with Gasteiger partial charge in [0, 0.05) is 25.1 Å². The van der Waals surface area contributed by atoms with Crippen LogP contribution in [0.5, 0.6) is 0 Å². The van der Waals surface area contributed by atoms with E-state index in [0.717, 1.165) is 29.5 Å². The van der Waals surface area contributed by atoms with E-state index in [2.05, 4.69) is 31.2 Å². The Labute approximate surface area is 186 Å². The summed E-state index contributed by atoms with van der Waals surface area (Å²) in [5, 5.41) is 7.37. The molecule has 8 heteroatoms. The van der Waals surface area contributed by atoms with Gasteiger partial charge in [-0.1, -0.05) is 51.1 Å². The maximum absolute atomic E-state index is 13.9. The second kappa shape index (κ2) is 6.99. The van der Waals surface area contributed by atoms with Crippen molar-refractivity contribution in [1.29, 1.82) is 0 Å². The molecule has 3 aliphatic rings. The first-order valence-corrected chi connectivity index (χ1v) is 11.2. The minimum atomic E-state index is -4.46. The molecule has 1 aromatic carbocycles. The zero-order chi connectivity index (χ0) is 22.9.